The molecule has 0 spiro atoms. The monoisotopic (exact) mass is 238 g/mol. The zero-order valence-corrected chi connectivity index (χ0v) is 8.57. The molecule has 0 aliphatic heterocycles. The lowest BCUT2D eigenvalue weighted by molar-refractivity contribution is 0.599. The van der Waals surface area contributed by atoms with E-state index < -0.39 is 0 Å². The van der Waals surface area contributed by atoms with E-state index in [1.54, 1.807) is 6.07 Å². The molecule has 0 atom stereocenters. The van der Waals surface area contributed by atoms with Gasteiger partial charge in [-0.3, -0.25) is 0 Å². The van der Waals surface area contributed by atoms with Gasteiger partial charge in [0.2, 0.25) is 0 Å². The molecular weight excluding hydrogens is 231 g/mol. The van der Waals surface area contributed by atoms with Gasteiger partial charge in [0.15, 0.2) is 0 Å². The van der Waals surface area contributed by atoms with Crippen molar-refractivity contribution in [3.05, 3.63) is 34.1 Å². The highest BCUT2D eigenvalue weighted by Gasteiger charge is 2.44. The highest BCUT2D eigenvalue weighted by atomic mass is 79.9. The van der Waals surface area contributed by atoms with Gasteiger partial charge >= 0.3 is 0 Å². The number of hydrogen-bond acceptors (Lipinski definition) is 0. The molecule has 0 amide bonds. The van der Waals surface area contributed by atoms with Crippen molar-refractivity contribution in [2.45, 2.75) is 18.3 Å². The summed E-state index contributed by atoms with van der Waals surface area (Å²) < 4.78 is 14.2. The maximum Gasteiger partial charge on any atom is 0.129 e. The molecule has 0 saturated heterocycles. The van der Waals surface area contributed by atoms with Crippen molar-refractivity contribution in [3.8, 4) is 12.3 Å². The first-order valence-electron chi connectivity index (χ1n) is 4.11. The molecule has 1 aromatic rings. The summed E-state index contributed by atoms with van der Waals surface area (Å²) in [6.07, 6.45) is 7.19. The van der Waals surface area contributed by atoms with Crippen LogP contribution < -0.4 is 0 Å². The highest BCUT2D eigenvalue weighted by Crippen LogP contribution is 2.48. The van der Waals surface area contributed by atoms with Crippen LogP contribution in [0.4, 0.5) is 4.39 Å². The Morgan fingerprint density at radius 1 is 1.46 bits per heavy atom. The smallest absolute Gasteiger partial charge is 0.129 e. The van der Waals surface area contributed by atoms with Crippen LogP contribution >= 0.6 is 15.9 Å². The second-order valence-corrected chi connectivity index (χ2v) is 4.27. The predicted octanol–water partition coefficient (Wildman–Crippen LogP) is 3.25. The first-order chi connectivity index (χ1) is 6.18. The average molecular weight is 239 g/mol. The summed E-state index contributed by atoms with van der Waals surface area (Å²) in [6.45, 7) is 0. The number of hydrogen-bond donors (Lipinski definition) is 0. The molecule has 2 rings (SSSR count). The first-order valence-corrected chi connectivity index (χ1v) is 4.90. The molecule has 1 aliphatic carbocycles. The fourth-order valence-corrected chi connectivity index (χ4v) is 1.83. The summed E-state index contributed by atoms with van der Waals surface area (Å²) in [5, 5.41) is 0. The Balaban J connectivity index is 2.48. The van der Waals surface area contributed by atoms with Crippen molar-refractivity contribution < 1.29 is 4.39 Å². The number of terminal acetylenes is 1. The van der Waals surface area contributed by atoms with Gasteiger partial charge in [-0.15, -0.1) is 6.42 Å². The molecule has 2 heteroatoms. The minimum atomic E-state index is -0.301. The summed E-state index contributed by atoms with van der Waals surface area (Å²) in [5.74, 6) is 2.47. The molecular formula is C11H8BrF. The molecule has 0 heterocycles. The largest absolute Gasteiger partial charge is 0.207 e. The van der Waals surface area contributed by atoms with Crippen LogP contribution in [0.5, 0.6) is 0 Å². The fourth-order valence-electron chi connectivity index (χ4n) is 1.49. The van der Waals surface area contributed by atoms with Gasteiger partial charge < -0.3 is 0 Å². The lowest BCUT2D eigenvalue weighted by atomic mass is 9.97. The second-order valence-electron chi connectivity index (χ2n) is 3.35. The Labute approximate surface area is 85.3 Å². The maximum absolute atomic E-state index is 13.4. The molecule has 0 aromatic heterocycles. The molecule has 66 valence electrons. The molecule has 0 unspecified atom stereocenters. The third kappa shape index (κ3) is 1.38. The van der Waals surface area contributed by atoms with E-state index in [1.807, 2.05) is 6.07 Å². The molecule has 0 N–H and O–H groups in total. The molecule has 1 aromatic carbocycles. The summed E-state index contributed by atoms with van der Waals surface area (Å²) in [7, 11) is 0. The number of rotatable bonds is 1. The highest BCUT2D eigenvalue weighted by molar-refractivity contribution is 9.10. The van der Waals surface area contributed by atoms with E-state index in [-0.39, 0.29) is 11.2 Å². The quantitative estimate of drug-likeness (QED) is 0.660. The summed E-state index contributed by atoms with van der Waals surface area (Å²) in [5.41, 5.74) is 0.364. The van der Waals surface area contributed by atoms with Crippen LogP contribution in [0.1, 0.15) is 18.4 Å². The van der Waals surface area contributed by atoms with Crippen LogP contribution in [0.2, 0.25) is 0 Å². The molecule has 1 fully saturated rings. The molecule has 13 heavy (non-hydrogen) atoms. The fraction of sp³-hybridized carbons (Fsp3) is 0.273. The van der Waals surface area contributed by atoms with E-state index in [0.717, 1.165) is 17.3 Å². The Morgan fingerprint density at radius 3 is 2.62 bits per heavy atom. The number of benzene rings is 1. The third-order valence-electron chi connectivity index (χ3n) is 2.47. The first kappa shape index (κ1) is 8.77. The average Bonchev–Trinajstić information content (AvgIpc) is 2.85. The Morgan fingerprint density at radius 2 is 2.15 bits per heavy atom. The molecule has 0 radical (unpaired) electrons. The topological polar surface area (TPSA) is 0 Å². The van der Waals surface area contributed by atoms with Crippen molar-refractivity contribution >= 4 is 15.9 Å². The molecule has 0 nitrogen and oxygen atoms in total. The van der Waals surface area contributed by atoms with E-state index in [0.29, 0.717) is 5.56 Å². The van der Waals surface area contributed by atoms with Crippen molar-refractivity contribution in [3.63, 3.8) is 0 Å². The zero-order valence-electron chi connectivity index (χ0n) is 6.98. The van der Waals surface area contributed by atoms with Crippen LogP contribution in [0, 0.1) is 18.2 Å². The Hall–Kier alpha value is -0.810. The molecule has 1 saturated carbocycles. The van der Waals surface area contributed by atoms with E-state index in [4.69, 9.17) is 6.42 Å². The summed E-state index contributed by atoms with van der Waals surface area (Å²) in [4.78, 5) is 0. The van der Waals surface area contributed by atoms with Crippen molar-refractivity contribution in [1.82, 2.24) is 0 Å². The van der Waals surface area contributed by atoms with Gasteiger partial charge in [-0.1, -0.05) is 27.9 Å². The Kier molecular flexibility index (Phi) is 1.92. The standard InChI is InChI=1S/C11H8BrF/c1-2-11(5-6-11)9-4-3-8(12)7-10(9)13/h1,3-4,7H,5-6H2. The summed E-state index contributed by atoms with van der Waals surface area (Å²) in [6, 6.07) is 5.06. The normalized spacial score (nSPS) is 17.9. The molecule has 1 aliphatic rings. The zero-order chi connectivity index (χ0) is 9.47. The van der Waals surface area contributed by atoms with Crippen molar-refractivity contribution in [2.24, 2.45) is 0 Å². The maximum atomic E-state index is 13.4. The van der Waals surface area contributed by atoms with Gasteiger partial charge in [-0.05, 0) is 25.0 Å². The second kappa shape index (κ2) is 2.85. The molecule has 0 bridgehead atoms. The van der Waals surface area contributed by atoms with Crippen LogP contribution in [-0.2, 0) is 5.41 Å². The van der Waals surface area contributed by atoms with Crippen LogP contribution in [-0.4, -0.2) is 0 Å². The third-order valence-corrected chi connectivity index (χ3v) is 2.97. The number of halogens is 2. The van der Waals surface area contributed by atoms with Gasteiger partial charge in [-0.2, -0.15) is 0 Å². The minimum absolute atomic E-state index is 0.204. The van der Waals surface area contributed by atoms with Gasteiger partial charge in [-0.25, -0.2) is 4.39 Å². The van der Waals surface area contributed by atoms with Crippen LogP contribution in [0.25, 0.3) is 0 Å². The lowest BCUT2D eigenvalue weighted by Gasteiger charge is -2.08. The SMILES string of the molecule is C#CC1(c2ccc(Br)cc2F)CC1. The predicted molar refractivity (Wildman–Crippen MR) is 53.8 cm³/mol. The summed E-state index contributed by atoms with van der Waals surface area (Å²) >= 11 is 3.21. The Bertz CT molecular complexity index is 386. The van der Waals surface area contributed by atoms with Crippen molar-refractivity contribution in [2.75, 3.05) is 0 Å². The van der Waals surface area contributed by atoms with E-state index >= 15 is 0 Å². The van der Waals surface area contributed by atoms with E-state index in [1.165, 1.54) is 6.07 Å². The lowest BCUT2D eigenvalue weighted by Crippen LogP contribution is -2.05. The van der Waals surface area contributed by atoms with E-state index in [2.05, 4.69) is 21.9 Å². The minimum Gasteiger partial charge on any atom is -0.207 e. The van der Waals surface area contributed by atoms with Crippen molar-refractivity contribution in [1.29, 1.82) is 0 Å². The van der Waals surface area contributed by atoms with Gasteiger partial charge in [0.25, 0.3) is 0 Å². The van der Waals surface area contributed by atoms with Gasteiger partial charge in [0.1, 0.15) is 5.82 Å². The van der Waals surface area contributed by atoms with Gasteiger partial charge in [0.05, 0.1) is 5.41 Å². The van der Waals surface area contributed by atoms with Crippen LogP contribution in [0.15, 0.2) is 22.7 Å². The van der Waals surface area contributed by atoms with Crippen LogP contribution in [0.3, 0.4) is 0 Å². The van der Waals surface area contributed by atoms with Gasteiger partial charge in [0, 0.05) is 10.0 Å². The van der Waals surface area contributed by atoms with E-state index in [9.17, 15) is 4.39 Å².